The second-order valence-corrected chi connectivity index (χ2v) is 6.60. The second kappa shape index (κ2) is 6.11. The minimum absolute atomic E-state index is 0.176. The highest BCUT2D eigenvalue weighted by Gasteiger charge is 2.30. The van der Waals surface area contributed by atoms with Gasteiger partial charge in [0.2, 0.25) is 5.91 Å². The molecule has 1 heterocycles. The molecule has 1 aromatic heterocycles. The van der Waals surface area contributed by atoms with Crippen molar-refractivity contribution in [3.05, 3.63) is 45.2 Å². The van der Waals surface area contributed by atoms with Crippen molar-refractivity contribution in [3.8, 4) is 0 Å². The molecule has 2 aromatic rings. The Bertz CT molecular complexity index is 671. The molecule has 3 N–H and O–H groups in total. The number of hydrogen-bond donors (Lipinski definition) is 2. The number of nitrogen functional groups attached to an aromatic ring is 1. The molecule has 7 heteroatoms. The van der Waals surface area contributed by atoms with Gasteiger partial charge >= 0.3 is 0 Å². The number of nitrogens with one attached hydrogen (secondary N) is 1. The molecule has 0 radical (unpaired) electrons. The summed E-state index contributed by atoms with van der Waals surface area (Å²) in [6, 6.07) is 7.24. The average Bonchev–Trinajstić information content (AvgIpc) is 2.42. The van der Waals surface area contributed by atoms with Crippen LogP contribution in [0.15, 0.2) is 39.7 Å². The molecular formula is C14H14Br2N4O. The van der Waals surface area contributed by atoms with E-state index in [1.807, 2.05) is 26.0 Å². The summed E-state index contributed by atoms with van der Waals surface area (Å²) in [5.41, 5.74) is 6.49. The van der Waals surface area contributed by atoms with Gasteiger partial charge in [0.05, 0.1) is 11.6 Å². The lowest BCUT2D eigenvalue weighted by molar-refractivity contribution is -0.120. The lowest BCUT2D eigenvalue weighted by Crippen LogP contribution is -2.35. The van der Waals surface area contributed by atoms with Gasteiger partial charge in [-0.3, -0.25) is 4.79 Å². The summed E-state index contributed by atoms with van der Waals surface area (Å²) in [5, 5.41) is 2.78. The largest absolute Gasteiger partial charge is 0.399 e. The van der Waals surface area contributed by atoms with Gasteiger partial charge in [0.25, 0.3) is 0 Å². The number of halogens is 2. The van der Waals surface area contributed by atoms with Gasteiger partial charge in [-0.25, -0.2) is 9.97 Å². The molecule has 5 nitrogen and oxygen atoms in total. The number of benzene rings is 1. The van der Waals surface area contributed by atoms with Crippen LogP contribution in [-0.2, 0) is 10.2 Å². The molecule has 0 saturated heterocycles. The third-order valence-electron chi connectivity index (χ3n) is 3.13. The van der Waals surface area contributed by atoms with Gasteiger partial charge in [-0.15, -0.1) is 0 Å². The molecular weight excluding hydrogens is 400 g/mol. The van der Waals surface area contributed by atoms with Crippen molar-refractivity contribution in [2.45, 2.75) is 19.3 Å². The normalized spacial score (nSPS) is 11.2. The Morgan fingerprint density at radius 2 is 1.86 bits per heavy atom. The van der Waals surface area contributed by atoms with E-state index in [1.165, 1.54) is 6.20 Å². The molecule has 110 valence electrons. The third kappa shape index (κ3) is 3.59. The van der Waals surface area contributed by atoms with E-state index in [0.717, 1.165) is 5.56 Å². The molecule has 0 unspecified atom stereocenters. The Morgan fingerprint density at radius 1 is 1.24 bits per heavy atom. The van der Waals surface area contributed by atoms with Gasteiger partial charge in [0.15, 0.2) is 5.82 Å². The van der Waals surface area contributed by atoms with Crippen molar-refractivity contribution in [2.75, 3.05) is 11.1 Å². The summed E-state index contributed by atoms with van der Waals surface area (Å²) in [5.74, 6) is 0.205. The molecule has 2 rings (SSSR count). The van der Waals surface area contributed by atoms with Crippen LogP contribution in [0.1, 0.15) is 19.4 Å². The number of amides is 1. The Kier molecular flexibility index (Phi) is 4.63. The molecule has 0 bridgehead atoms. The fourth-order valence-corrected chi connectivity index (χ4v) is 2.64. The molecule has 0 spiro atoms. The number of hydrogen-bond acceptors (Lipinski definition) is 4. The number of anilines is 2. The summed E-state index contributed by atoms with van der Waals surface area (Å²) >= 11 is 6.49. The van der Waals surface area contributed by atoms with E-state index in [9.17, 15) is 4.79 Å². The molecule has 0 atom stereocenters. The predicted octanol–water partition coefficient (Wildman–Crippen LogP) is 3.50. The van der Waals surface area contributed by atoms with E-state index in [-0.39, 0.29) is 5.91 Å². The van der Waals surface area contributed by atoms with Gasteiger partial charge in [-0.05, 0) is 63.4 Å². The first-order valence-corrected chi connectivity index (χ1v) is 7.75. The quantitative estimate of drug-likeness (QED) is 0.754. The van der Waals surface area contributed by atoms with E-state index in [2.05, 4.69) is 47.1 Å². The minimum Gasteiger partial charge on any atom is -0.399 e. The smallest absolute Gasteiger partial charge is 0.235 e. The molecule has 0 aliphatic heterocycles. The number of nitrogens with two attached hydrogens (primary N) is 1. The topological polar surface area (TPSA) is 80.9 Å². The molecule has 1 aromatic carbocycles. The van der Waals surface area contributed by atoms with Crippen molar-refractivity contribution in [1.29, 1.82) is 0 Å². The van der Waals surface area contributed by atoms with E-state index < -0.39 is 5.41 Å². The number of aromatic nitrogens is 2. The lowest BCUT2D eigenvalue weighted by Gasteiger charge is -2.24. The first-order chi connectivity index (χ1) is 9.80. The van der Waals surface area contributed by atoms with Crippen molar-refractivity contribution < 1.29 is 4.79 Å². The van der Waals surface area contributed by atoms with Crippen LogP contribution in [0.4, 0.5) is 11.5 Å². The van der Waals surface area contributed by atoms with Crippen LogP contribution in [0.3, 0.4) is 0 Å². The zero-order valence-corrected chi connectivity index (χ0v) is 14.7. The van der Waals surface area contributed by atoms with E-state index in [1.54, 1.807) is 12.1 Å². The first-order valence-electron chi connectivity index (χ1n) is 6.16. The Labute approximate surface area is 139 Å². The third-order valence-corrected chi connectivity index (χ3v) is 4.07. The maximum atomic E-state index is 12.5. The molecule has 0 aliphatic carbocycles. The SMILES string of the molecule is CC(C)(C(=O)Nc1ncc(Br)nc1Br)c1ccc(N)cc1. The van der Waals surface area contributed by atoms with Gasteiger partial charge in [-0.2, -0.15) is 0 Å². The van der Waals surface area contributed by atoms with Crippen LogP contribution in [0.25, 0.3) is 0 Å². The van der Waals surface area contributed by atoms with Crippen molar-refractivity contribution in [3.63, 3.8) is 0 Å². The fraction of sp³-hybridized carbons (Fsp3) is 0.214. The van der Waals surface area contributed by atoms with Crippen LogP contribution in [0, 0.1) is 0 Å². The van der Waals surface area contributed by atoms with Crippen LogP contribution in [0.5, 0.6) is 0 Å². The lowest BCUT2D eigenvalue weighted by atomic mass is 9.83. The highest BCUT2D eigenvalue weighted by Crippen LogP contribution is 2.27. The van der Waals surface area contributed by atoms with E-state index in [4.69, 9.17) is 5.73 Å². The number of carbonyl (C=O) groups is 1. The van der Waals surface area contributed by atoms with Gasteiger partial charge < -0.3 is 11.1 Å². The van der Waals surface area contributed by atoms with Crippen LogP contribution >= 0.6 is 31.9 Å². The first kappa shape index (κ1) is 15.9. The van der Waals surface area contributed by atoms with Gasteiger partial charge in [0, 0.05) is 5.69 Å². The standard InChI is InChI=1S/C14H14Br2N4O/c1-14(2,8-3-5-9(17)6-4-8)13(21)20-12-11(16)19-10(15)7-18-12/h3-7H,17H2,1-2H3,(H,18,20,21). The Balaban J connectivity index is 2.24. The van der Waals surface area contributed by atoms with Crippen molar-refractivity contribution in [1.82, 2.24) is 9.97 Å². The summed E-state index contributed by atoms with van der Waals surface area (Å²) in [4.78, 5) is 20.8. The highest BCUT2D eigenvalue weighted by molar-refractivity contribution is 9.11. The molecule has 1 amide bonds. The molecule has 0 saturated carbocycles. The average molecular weight is 414 g/mol. The predicted molar refractivity (Wildman–Crippen MR) is 89.9 cm³/mol. The summed E-state index contributed by atoms with van der Waals surface area (Å²) in [6.45, 7) is 3.68. The van der Waals surface area contributed by atoms with E-state index >= 15 is 0 Å². The van der Waals surface area contributed by atoms with Crippen molar-refractivity contribution >= 4 is 49.3 Å². The minimum atomic E-state index is -0.720. The van der Waals surface area contributed by atoms with Crippen LogP contribution in [-0.4, -0.2) is 15.9 Å². The van der Waals surface area contributed by atoms with Crippen molar-refractivity contribution in [2.24, 2.45) is 0 Å². The Hall–Kier alpha value is -1.47. The molecule has 0 fully saturated rings. The monoisotopic (exact) mass is 412 g/mol. The zero-order valence-electron chi connectivity index (χ0n) is 11.5. The molecule has 0 aliphatic rings. The highest BCUT2D eigenvalue weighted by atomic mass is 79.9. The summed E-state index contributed by atoms with van der Waals surface area (Å²) in [7, 11) is 0. The van der Waals surface area contributed by atoms with Crippen LogP contribution < -0.4 is 11.1 Å². The maximum absolute atomic E-state index is 12.5. The van der Waals surface area contributed by atoms with Gasteiger partial charge in [-0.1, -0.05) is 12.1 Å². The second-order valence-electron chi connectivity index (χ2n) is 5.03. The zero-order chi connectivity index (χ0) is 15.6. The number of nitrogens with zero attached hydrogens (tertiary/aromatic N) is 2. The van der Waals surface area contributed by atoms with Crippen LogP contribution in [0.2, 0.25) is 0 Å². The van der Waals surface area contributed by atoms with E-state index in [0.29, 0.717) is 20.7 Å². The maximum Gasteiger partial charge on any atom is 0.235 e. The number of carbonyl (C=O) groups excluding carboxylic acids is 1. The summed E-state index contributed by atoms with van der Waals surface area (Å²) in [6.07, 6.45) is 1.52. The molecule has 21 heavy (non-hydrogen) atoms. The summed E-state index contributed by atoms with van der Waals surface area (Å²) < 4.78 is 1.06. The Morgan fingerprint density at radius 3 is 2.43 bits per heavy atom. The number of rotatable bonds is 3. The fourth-order valence-electron chi connectivity index (χ4n) is 1.73. The van der Waals surface area contributed by atoms with Gasteiger partial charge in [0.1, 0.15) is 9.21 Å².